The number of esters is 1. The highest BCUT2D eigenvalue weighted by molar-refractivity contribution is 5.88. The molecule has 0 saturated carbocycles. The van der Waals surface area contributed by atoms with E-state index in [9.17, 15) is 25.2 Å². The first-order chi connectivity index (χ1) is 9.50. The molecule has 1 aliphatic rings. The molecule has 1 fully saturated rings. The SMILES string of the molecule is O=C(OC[C@H]1O[C@H](O)[C@H](O)[C@@H](O)[C@@H]1O)c1cccnc1. The second-order valence-corrected chi connectivity index (χ2v) is 4.38. The number of rotatable bonds is 3. The lowest BCUT2D eigenvalue weighted by Crippen LogP contribution is -2.58. The molecule has 5 atom stereocenters. The van der Waals surface area contributed by atoms with E-state index in [1.54, 1.807) is 6.07 Å². The molecule has 0 spiro atoms. The maximum atomic E-state index is 11.6. The van der Waals surface area contributed by atoms with Gasteiger partial charge in [0.05, 0.1) is 5.56 Å². The summed E-state index contributed by atoms with van der Waals surface area (Å²) in [6.07, 6.45) is -4.65. The lowest BCUT2D eigenvalue weighted by atomic mass is 9.99. The molecule has 20 heavy (non-hydrogen) atoms. The summed E-state index contributed by atoms with van der Waals surface area (Å²) < 4.78 is 9.77. The molecule has 0 aliphatic carbocycles. The fourth-order valence-electron chi connectivity index (χ4n) is 1.79. The van der Waals surface area contributed by atoms with Crippen LogP contribution in [0.2, 0.25) is 0 Å². The third-order valence-corrected chi connectivity index (χ3v) is 2.96. The number of carbonyl (C=O) groups excluding carboxylic acids is 1. The molecule has 4 N–H and O–H groups in total. The van der Waals surface area contributed by atoms with Crippen LogP contribution in [0.4, 0.5) is 0 Å². The van der Waals surface area contributed by atoms with Crippen LogP contribution < -0.4 is 0 Å². The smallest absolute Gasteiger partial charge is 0.339 e. The third-order valence-electron chi connectivity index (χ3n) is 2.96. The molecule has 1 saturated heterocycles. The predicted molar refractivity (Wildman–Crippen MR) is 63.4 cm³/mol. The van der Waals surface area contributed by atoms with E-state index in [2.05, 4.69) is 4.98 Å². The van der Waals surface area contributed by atoms with Gasteiger partial charge < -0.3 is 29.9 Å². The van der Waals surface area contributed by atoms with Gasteiger partial charge in [-0.25, -0.2) is 4.79 Å². The van der Waals surface area contributed by atoms with Gasteiger partial charge in [-0.2, -0.15) is 0 Å². The van der Waals surface area contributed by atoms with Crippen LogP contribution >= 0.6 is 0 Å². The van der Waals surface area contributed by atoms with Gasteiger partial charge >= 0.3 is 5.97 Å². The van der Waals surface area contributed by atoms with Crippen LogP contribution in [0, 0.1) is 0 Å². The van der Waals surface area contributed by atoms with Crippen molar-refractivity contribution >= 4 is 5.97 Å². The maximum absolute atomic E-state index is 11.6. The number of carbonyl (C=O) groups is 1. The molecule has 110 valence electrons. The van der Waals surface area contributed by atoms with E-state index in [-0.39, 0.29) is 12.2 Å². The molecule has 0 aromatic carbocycles. The number of hydrogen-bond donors (Lipinski definition) is 4. The molecule has 1 aromatic rings. The van der Waals surface area contributed by atoms with Gasteiger partial charge in [-0.1, -0.05) is 0 Å². The first-order valence-electron chi connectivity index (χ1n) is 5.95. The van der Waals surface area contributed by atoms with E-state index < -0.39 is 36.7 Å². The Morgan fingerprint density at radius 3 is 2.65 bits per heavy atom. The van der Waals surface area contributed by atoms with Crippen molar-refractivity contribution in [1.82, 2.24) is 4.98 Å². The monoisotopic (exact) mass is 285 g/mol. The molecule has 2 heterocycles. The van der Waals surface area contributed by atoms with Crippen molar-refractivity contribution in [3.8, 4) is 0 Å². The van der Waals surface area contributed by atoms with Crippen LogP contribution in [-0.2, 0) is 9.47 Å². The maximum Gasteiger partial charge on any atom is 0.339 e. The Kier molecular flexibility index (Phi) is 4.63. The molecule has 8 heteroatoms. The number of aliphatic hydroxyl groups is 4. The molecule has 1 aromatic heterocycles. The topological polar surface area (TPSA) is 129 Å². The van der Waals surface area contributed by atoms with Crippen molar-refractivity contribution in [2.24, 2.45) is 0 Å². The number of aliphatic hydroxyl groups excluding tert-OH is 4. The average Bonchev–Trinajstić information content (AvgIpc) is 2.48. The molecule has 1 aliphatic heterocycles. The Morgan fingerprint density at radius 1 is 1.25 bits per heavy atom. The van der Waals surface area contributed by atoms with E-state index in [0.717, 1.165) is 0 Å². The van der Waals surface area contributed by atoms with E-state index in [1.165, 1.54) is 18.5 Å². The Balaban J connectivity index is 1.92. The van der Waals surface area contributed by atoms with Gasteiger partial charge in [0.1, 0.15) is 31.0 Å². The van der Waals surface area contributed by atoms with E-state index in [4.69, 9.17) is 9.47 Å². The molecule has 0 radical (unpaired) electrons. The summed E-state index contributed by atoms with van der Waals surface area (Å²) in [5.74, 6) is -0.677. The molecular weight excluding hydrogens is 270 g/mol. The molecule has 0 bridgehead atoms. The van der Waals surface area contributed by atoms with Crippen molar-refractivity contribution in [3.05, 3.63) is 30.1 Å². The molecular formula is C12H15NO7. The largest absolute Gasteiger partial charge is 0.459 e. The zero-order valence-electron chi connectivity index (χ0n) is 10.4. The Hall–Kier alpha value is -1.58. The van der Waals surface area contributed by atoms with Gasteiger partial charge in [0, 0.05) is 12.4 Å². The normalized spacial score (nSPS) is 33.7. The van der Waals surface area contributed by atoms with Gasteiger partial charge in [0.25, 0.3) is 0 Å². The van der Waals surface area contributed by atoms with Crippen molar-refractivity contribution in [1.29, 1.82) is 0 Å². The lowest BCUT2D eigenvalue weighted by molar-refractivity contribution is -0.286. The van der Waals surface area contributed by atoms with Gasteiger partial charge in [0.2, 0.25) is 0 Å². The van der Waals surface area contributed by atoms with E-state index in [0.29, 0.717) is 0 Å². The molecule has 2 rings (SSSR count). The van der Waals surface area contributed by atoms with Gasteiger partial charge in [-0.15, -0.1) is 0 Å². The molecule has 0 amide bonds. The summed E-state index contributed by atoms with van der Waals surface area (Å²) in [7, 11) is 0. The van der Waals surface area contributed by atoms with E-state index >= 15 is 0 Å². The standard InChI is InChI=1S/C12H15NO7/c14-8-7(20-12(18)10(16)9(8)15)5-19-11(17)6-2-1-3-13-4-6/h1-4,7-10,12,14-16,18H,5H2/t7-,8-,9+,10-,12+/m1/s1. The summed E-state index contributed by atoms with van der Waals surface area (Å²) in [6.45, 7) is -0.379. The van der Waals surface area contributed by atoms with Crippen molar-refractivity contribution < 1.29 is 34.7 Å². The molecule has 8 nitrogen and oxygen atoms in total. The fraction of sp³-hybridized carbons (Fsp3) is 0.500. The highest BCUT2D eigenvalue weighted by Gasteiger charge is 2.43. The van der Waals surface area contributed by atoms with Gasteiger partial charge in [0.15, 0.2) is 6.29 Å². The summed E-state index contributed by atoms with van der Waals surface area (Å²) in [5, 5.41) is 37.8. The minimum atomic E-state index is -1.66. The summed E-state index contributed by atoms with van der Waals surface area (Å²) in [6, 6.07) is 3.06. The fourth-order valence-corrected chi connectivity index (χ4v) is 1.79. The van der Waals surface area contributed by atoms with Crippen LogP contribution in [0.5, 0.6) is 0 Å². The first kappa shape index (κ1) is 14.8. The Labute approximate surface area is 114 Å². The van der Waals surface area contributed by atoms with Gasteiger partial charge in [-0.3, -0.25) is 4.98 Å². The second-order valence-electron chi connectivity index (χ2n) is 4.38. The number of ether oxygens (including phenoxy) is 2. The highest BCUT2D eigenvalue weighted by Crippen LogP contribution is 2.20. The number of aromatic nitrogens is 1. The Bertz CT molecular complexity index is 454. The highest BCUT2D eigenvalue weighted by atomic mass is 16.6. The minimum Gasteiger partial charge on any atom is -0.459 e. The van der Waals surface area contributed by atoms with Crippen LogP contribution in [0.1, 0.15) is 10.4 Å². The summed E-state index contributed by atoms with van der Waals surface area (Å²) >= 11 is 0. The molecule has 0 unspecified atom stereocenters. The predicted octanol–water partition coefficient (Wildman–Crippen LogP) is -1.96. The van der Waals surface area contributed by atoms with Crippen LogP contribution in [0.25, 0.3) is 0 Å². The minimum absolute atomic E-state index is 0.221. The summed E-state index contributed by atoms with van der Waals surface area (Å²) in [5.41, 5.74) is 0.221. The number of pyridine rings is 1. The van der Waals surface area contributed by atoms with Crippen LogP contribution in [0.15, 0.2) is 24.5 Å². The van der Waals surface area contributed by atoms with Crippen LogP contribution in [0.3, 0.4) is 0 Å². The van der Waals surface area contributed by atoms with E-state index in [1.807, 2.05) is 0 Å². The third kappa shape index (κ3) is 3.11. The van der Waals surface area contributed by atoms with Crippen molar-refractivity contribution in [2.45, 2.75) is 30.7 Å². The Morgan fingerprint density at radius 2 is 2.00 bits per heavy atom. The zero-order valence-corrected chi connectivity index (χ0v) is 10.4. The van der Waals surface area contributed by atoms with Gasteiger partial charge in [-0.05, 0) is 12.1 Å². The number of hydrogen-bond acceptors (Lipinski definition) is 8. The van der Waals surface area contributed by atoms with Crippen LogP contribution in [-0.4, -0.2) is 68.7 Å². The lowest BCUT2D eigenvalue weighted by Gasteiger charge is -2.37. The first-order valence-corrected chi connectivity index (χ1v) is 5.95. The number of nitrogens with zero attached hydrogens (tertiary/aromatic N) is 1. The average molecular weight is 285 g/mol. The van der Waals surface area contributed by atoms with Crippen molar-refractivity contribution in [2.75, 3.05) is 6.61 Å². The quantitative estimate of drug-likeness (QED) is 0.471. The summed E-state index contributed by atoms with van der Waals surface area (Å²) in [4.78, 5) is 15.4. The zero-order chi connectivity index (χ0) is 14.7. The second kappa shape index (κ2) is 6.25. The van der Waals surface area contributed by atoms with Crippen molar-refractivity contribution in [3.63, 3.8) is 0 Å².